The van der Waals surface area contributed by atoms with Gasteiger partial charge in [-0.3, -0.25) is 4.79 Å². The Kier molecular flexibility index (Phi) is 5.95. The summed E-state index contributed by atoms with van der Waals surface area (Å²) in [6, 6.07) is 12.6. The molecule has 1 amide bonds. The molecular weight excluding hydrogens is 304 g/mol. The van der Waals surface area contributed by atoms with Gasteiger partial charge in [0.1, 0.15) is 0 Å². The number of hydrogen-bond acceptors (Lipinski definition) is 4. The number of anilines is 2. The Balaban J connectivity index is 1.90. The van der Waals surface area contributed by atoms with Gasteiger partial charge in [0.15, 0.2) is 0 Å². The van der Waals surface area contributed by atoms with Crippen molar-refractivity contribution in [2.45, 2.75) is 20.8 Å². The molecule has 0 aliphatic carbocycles. The minimum atomic E-state index is -0.350. The molecule has 126 valence electrons. The van der Waals surface area contributed by atoms with Crippen LogP contribution in [0.2, 0.25) is 0 Å². The normalized spacial score (nSPS) is 10.1. The fourth-order valence-electron chi connectivity index (χ4n) is 2.20. The van der Waals surface area contributed by atoms with Gasteiger partial charge in [0, 0.05) is 11.4 Å². The topological polar surface area (TPSA) is 67.4 Å². The number of benzene rings is 2. The largest absolute Gasteiger partial charge is 0.462 e. The molecule has 0 saturated heterocycles. The van der Waals surface area contributed by atoms with Crippen LogP contribution in [0.4, 0.5) is 11.4 Å². The summed E-state index contributed by atoms with van der Waals surface area (Å²) in [4.78, 5) is 23.6. The molecule has 24 heavy (non-hydrogen) atoms. The molecule has 0 atom stereocenters. The van der Waals surface area contributed by atoms with Crippen LogP contribution in [0.5, 0.6) is 0 Å². The van der Waals surface area contributed by atoms with Gasteiger partial charge in [-0.15, -0.1) is 0 Å². The number of nitrogens with one attached hydrogen (secondary N) is 2. The van der Waals surface area contributed by atoms with E-state index in [1.54, 1.807) is 31.2 Å². The van der Waals surface area contributed by atoms with Crippen LogP contribution in [0.1, 0.15) is 28.4 Å². The summed E-state index contributed by atoms with van der Waals surface area (Å²) in [5.41, 5.74) is 4.26. The standard InChI is InChI=1S/C19H22N2O3/c1-4-24-19(23)15-8-10-16(11-9-15)20-12-18(22)21-17-7-5-6-13(2)14(17)3/h5-11,20H,4,12H2,1-3H3,(H,21,22). The molecule has 0 heterocycles. The van der Waals surface area contributed by atoms with Gasteiger partial charge in [-0.25, -0.2) is 4.79 Å². The van der Waals surface area contributed by atoms with Crippen molar-refractivity contribution >= 4 is 23.3 Å². The maximum absolute atomic E-state index is 12.1. The first-order valence-electron chi connectivity index (χ1n) is 7.88. The molecule has 0 unspecified atom stereocenters. The van der Waals surface area contributed by atoms with Gasteiger partial charge < -0.3 is 15.4 Å². The lowest BCUT2D eigenvalue weighted by Crippen LogP contribution is -2.22. The maximum atomic E-state index is 12.1. The number of ether oxygens (including phenoxy) is 1. The molecular formula is C19H22N2O3. The number of amides is 1. The van der Waals surface area contributed by atoms with Crippen molar-refractivity contribution in [3.8, 4) is 0 Å². The van der Waals surface area contributed by atoms with Crippen LogP contribution >= 0.6 is 0 Å². The van der Waals surface area contributed by atoms with Crippen LogP contribution in [0.3, 0.4) is 0 Å². The fraction of sp³-hybridized carbons (Fsp3) is 0.263. The van der Waals surface area contributed by atoms with Crippen molar-refractivity contribution in [2.75, 3.05) is 23.8 Å². The van der Waals surface area contributed by atoms with Crippen LogP contribution in [0.15, 0.2) is 42.5 Å². The van der Waals surface area contributed by atoms with Crippen molar-refractivity contribution < 1.29 is 14.3 Å². The number of esters is 1. The first kappa shape index (κ1) is 17.5. The lowest BCUT2D eigenvalue weighted by molar-refractivity contribution is -0.114. The van der Waals surface area contributed by atoms with Crippen LogP contribution in [-0.4, -0.2) is 25.0 Å². The summed E-state index contributed by atoms with van der Waals surface area (Å²) in [5, 5.41) is 5.92. The number of aryl methyl sites for hydroxylation is 1. The van der Waals surface area contributed by atoms with Gasteiger partial charge in [-0.05, 0) is 62.2 Å². The predicted octanol–water partition coefficient (Wildman–Crippen LogP) is 3.53. The Morgan fingerprint density at radius 2 is 1.75 bits per heavy atom. The van der Waals surface area contributed by atoms with Gasteiger partial charge in [0.2, 0.25) is 5.91 Å². The third-order valence-electron chi connectivity index (χ3n) is 3.73. The van der Waals surface area contributed by atoms with Gasteiger partial charge in [0.25, 0.3) is 0 Å². The highest BCUT2D eigenvalue weighted by Gasteiger charge is 2.08. The minimum Gasteiger partial charge on any atom is -0.462 e. The molecule has 2 N–H and O–H groups in total. The summed E-state index contributed by atoms with van der Waals surface area (Å²) in [6.07, 6.45) is 0. The second kappa shape index (κ2) is 8.15. The molecule has 0 fully saturated rings. The van der Waals surface area contributed by atoms with E-state index in [0.29, 0.717) is 12.2 Å². The van der Waals surface area contributed by atoms with E-state index in [9.17, 15) is 9.59 Å². The molecule has 0 aromatic heterocycles. The lowest BCUT2D eigenvalue weighted by atomic mass is 10.1. The molecule has 0 saturated carbocycles. The van der Waals surface area contributed by atoms with Crippen molar-refractivity contribution in [3.63, 3.8) is 0 Å². The Morgan fingerprint density at radius 1 is 1.04 bits per heavy atom. The van der Waals surface area contributed by atoms with Gasteiger partial charge >= 0.3 is 5.97 Å². The zero-order valence-corrected chi connectivity index (χ0v) is 14.2. The van der Waals surface area contributed by atoms with E-state index >= 15 is 0 Å². The molecule has 0 bridgehead atoms. The molecule has 5 heteroatoms. The Labute approximate surface area is 142 Å². The van der Waals surface area contributed by atoms with Crippen LogP contribution in [-0.2, 0) is 9.53 Å². The quantitative estimate of drug-likeness (QED) is 0.797. The lowest BCUT2D eigenvalue weighted by Gasteiger charge is -2.11. The predicted molar refractivity (Wildman–Crippen MR) is 95.4 cm³/mol. The smallest absolute Gasteiger partial charge is 0.338 e. The highest BCUT2D eigenvalue weighted by Crippen LogP contribution is 2.18. The average Bonchev–Trinajstić information content (AvgIpc) is 2.58. The summed E-state index contributed by atoms with van der Waals surface area (Å²) < 4.78 is 4.93. The molecule has 2 rings (SSSR count). The minimum absolute atomic E-state index is 0.127. The molecule has 0 radical (unpaired) electrons. The molecule has 5 nitrogen and oxygen atoms in total. The van der Waals surface area contributed by atoms with E-state index in [-0.39, 0.29) is 18.4 Å². The first-order chi connectivity index (χ1) is 11.5. The summed E-state index contributed by atoms with van der Waals surface area (Å²) in [7, 11) is 0. The van der Waals surface area contributed by atoms with Crippen molar-refractivity contribution in [2.24, 2.45) is 0 Å². The van der Waals surface area contributed by atoms with E-state index in [4.69, 9.17) is 4.74 Å². The van der Waals surface area contributed by atoms with Crippen molar-refractivity contribution in [1.82, 2.24) is 0 Å². The highest BCUT2D eigenvalue weighted by atomic mass is 16.5. The first-order valence-corrected chi connectivity index (χ1v) is 7.88. The monoisotopic (exact) mass is 326 g/mol. The van der Waals surface area contributed by atoms with E-state index in [2.05, 4.69) is 10.6 Å². The van der Waals surface area contributed by atoms with Crippen LogP contribution in [0, 0.1) is 13.8 Å². The second-order valence-electron chi connectivity index (χ2n) is 5.45. The van der Waals surface area contributed by atoms with E-state index in [1.807, 2.05) is 32.0 Å². The third kappa shape index (κ3) is 4.59. The third-order valence-corrected chi connectivity index (χ3v) is 3.73. The zero-order valence-electron chi connectivity index (χ0n) is 14.2. The maximum Gasteiger partial charge on any atom is 0.338 e. The summed E-state index contributed by atoms with van der Waals surface area (Å²) >= 11 is 0. The molecule has 0 spiro atoms. The second-order valence-corrected chi connectivity index (χ2v) is 5.45. The van der Waals surface area contributed by atoms with E-state index in [1.165, 1.54) is 0 Å². The Bertz CT molecular complexity index is 724. The van der Waals surface area contributed by atoms with Crippen molar-refractivity contribution in [3.05, 3.63) is 59.2 Å². The van der Waals surface area contributed by atoms with E-state index < -0.39 is 0 Å². The number of rotatable bonds is 6. The summed E-state index contributed by atoms with van der Waals surface area (Å²) in [5.74, 6) is -0.477. The number of carbonyl (C=O) groups is 2. The van der Waals surface area contributed by atoms with Gasteiger partial charge in [-0.2, -0.15) is 0 Å². The highest BCUT2D eigenvalue weighted by molar-refractivity contribution is 5.94. The molecule has 2 aromatic carbocycles. The average molecular weight is 326 g/mol. The number of carbonyl (C=O) groups excluding carboxylic acids is 2. The van der Waals surface area contributed by atoms with Gasteiger partial charge in [0.05, 0.1) is 18.7 Å². The SMILES string of the molecule is CCOC(=O)c1ccc(NCC(=O)Nc2cccc(C)c2C)cc1. The Hall–Kier alpha value is -2.82. The number of hydrogen-bond donors (Lipinski definition) is 2. The van der Waals surface area contributed by atoms with Crippen LogP contribution in [0.25, 0.3) is 0 Å². The summed E-state index contributed by atoms with van der Waals surface area (Å²) in [6.45, 7) is 6.24. The fourth-order valence-corrected chi connectivity index (χ4v) is 2.20. The van der Waals surface area contributed by atoms with Gasteiger partial charge in [-0.1, -0.05) is 12.1 Å². The van der Waals surface area contributed by atoms with E-state index in [0.717, 1.165) is 22.5 Å². The van der Waals surface area contributed by atoms with Crippen molar-refractivity contribution in [1.29, 1.82) is 0 Å². The van der Waals surface area contributed by atoms with Crippen LogP contribution < -0.4 is 10.6 Å². The molecule has 0 aliphatic heterocycles. The molecule has 0 aliphatic rings. The molecule has 2 aromatic rings. The Morgan fingerprint density at radius 3 is 2.42 bits per heavy atom. The zero-order chi connectivity index (χ0) is 17.5.